The van der Waals surface area contributed by atoms with Gasteiger partial charge in [0.25, 0.3) is 0 Å². The Hall–Kier alpha value is -1.98. The lowest BCUT2D eigenvalue weighted by atomic mass is 9.79. The van der Waals surface area contributed by atoms with Gasteiger partial charge in [0, 0.05) is 21.8 Å². The van der Waals surface area contributed by atoms with E-state index in [4.69, 9.17) is 0 Å². The lowest BCUT2D eigenvalue weighted by Gasteiger charge is -2.46. The summed E-state index contributed by atoms with van der Waals surface area (Å²) in [6.07, 6.45) is 2.13. The molecule has 2 N–H and O–H groups in total. The smallest absolute Gasteiger partial charge is 0.148 e. The molecule has 3 aromatic rings. The summed E-state index contributed by atoms with van der Waals surface area (Å²) in [5.41, 5.74) is 1.16. The second-order valence-electron chi connectivity index (χ2n) is 8.59. The van der Waals surface area contributed by atoms with Gasteiger partial charge in [0.2, 0.25) is 0 Å². The summed E-state index contributed by atoms with van der Waals surface area (Å²) in [5, 5.41) is 17.5. The van der Waals surface area contributed by atoms with Crippen LogP contribution in [0.5, 0.6) is 0 Å². The topological polar surface area (TPSA) is 49.8 Å². The fourth-order valence-corrected chi connectivity index (χ4v) is 5.31. The number of fused-ring (bicyclic) bond motifs is 1. The van der Waals surface area contributed by atoms with Crippen molar-refractivity contribution in [3.63, 3.8) is 0 Å². The molecule has 0 spiro atoms. The summed E-state index contributed by atoms with van der Waals surface area (Å²) < 4.78 is 1.28. The maximum Gasteiger partial charge on any atom is 0.148 e. The zero-order valence-electron chi connectivity index (χ0n) is 15.8. The molecule has 0 aliphatic carbocycles. The molecule has 3 heterocycles. The zero-order valence-corrected chi connectivity index (χ0v) is 16.7. The third kappa shape index (κ3) is 3.74. The molecule has 1 fully saturated rings. The van der Waals surface area contributed by atoms with Crippen LogP contribution in [0.2, 0.25) is 0 Å². The number of rotatable bonds is 3. The zero-order chi connectivity index (χ0) is 18.4. The molecule has 0 unspecified atom stereocenters. The Morgan fingerprint density at radius 3 is 2.38 bits per heavy atom. The van der Waals surface area contributed by atoms with Gasteiger partial charge in [0.05, 0.1) is 4.88 Å². The van der Waals surface area contributed by atoms with E-state index in [0.29, 0.717) is 6.04 Å². The van der Waals surface area contributed by atoms with Crippen LogP contribution in [0.4, 0.5) is 5.82 Å². The van der Waals surface area contributed by atoms with Gasteiger partial charge in [0.15, 0.2) is 0 Å². The van der Waals surface area contributed by atoms with Crippen molar-refractivity contribution in [2.45, 2.75) is 57.7 Å². The van der Waals surface area contributed by atoms with Gasteiger partial charge in [-0.1, -0.05) is 18.2 Å². The molecular weight excluding hydrogens is 340 g/mol. The molecule has 2 aromatic heterocycles. The highest BCUT2D eigenvalue weighted by Crippen LogP contribution is 2.33. The van der Waals surface area contributed by atoms with Crippen LogP contribution in [-0.4, -0.2) is 27.3 Å². The average Bonchev–Trinajstić information content (AvgIpc) is 2.96. The van der Waals surface area contributed by atoms with Crippen LogP contribution in [0.25, 0.3) is 20.7 Å². The van der Waals surface area contributed by atoms with Crippen LogP contribution in [0.1, 0.15) is 40.5 Å². The number of hydrogen-bond acceptors (Lipinski definition) is 5. The van der Waals surface area contributed by atoms with Crippen molar-refractivity contribution in [1.29, 1.82) is 0 Å². The minimum atomic E-state index is 0.115. The summed E-state index contributed by atoms with van der Waals surface area (Å²) in [4.78, 5) is 1.16. The predicted molar refractivity (Wildman–Crippen MR) is 111 cm³/mol. The first-order chi connectivity index (χ1) is 12.3. The number of nitrogens with zero attached hydrogens (tertiary/aromatic N) is 2. The fourth-order valence-electron chi connectivity index (χ4n) is 4.28. The molecule has 5 heteroatoms. The summed E-state index contributed by atoms with van der Waals surface area (Å²) in [6.45, 7) is 9.05. The Labute approximate surface area is 159 Å². The van der Waals surface area contributed by atoms with Gasteiger partial charge in [-0.15, -0.1) is 21.5 Å². The van der Waals surface area contributed by atoms with Crippen molar-refractivity contribution in [2.75, 3.05) is 5.32 Å². The predicted octanol–water partition coefficient (Wildman–Crippen LogP) is 5.08. The van der Waals surface area contributed by atoms with Gasteiger partial charge < -0.3 is 10.6 Å². The molecule has 1 aliphatic rings. The third-order valence-electron chi connectivity index (χ3n) is 4.88. The van der Waals surface area contributed by atoms with Crippen molar-refractivity contribution < 1.29 is 0 Å². The van der Waals surface area contributed by atoms with Crippen LogP contribution in [-0.2, 0) is 0 Å². The van der Waals surface area contributed by atoms with Crippen molar-refractivity contribution in [3.8, 4) is 10.6 Å². The summed E-state index contributed by atoms with van der Waals surface area (Å²) in [7, 11) is 0. The largest absolute Gasteiger partial charge is 0.366 e. The van der Waals surface area contributed by atoms with Crippen LogP contribution < -0.4 is 10.6 Å². The lowest BCUT2D eigenvalue weighted by molar-refractivity contribution is 0.170. The molecule has 4 rings (SSSR count). The van der Waals surface area contributed by atoms with Crippen LogP contribution in [0, 0.1) is 0 Å². The highest BCUT2D eigenvalue weighted by Gasteiger charge is 2.37. The number of nitrogens with one attached hydrogen (secondary N) is 2. The minimum absolute atomic E-state index is 0.115. The van der Waals surface area contributed by atoms with Gasteiger partial charge in [-0.3, -0.25) is 0 Å². The van der Waals surface area contributed by atoms with Gasteiger partial charge >= 0.3 is 0 Å². The van der Waals surface area contributed by atoms with Crippen molar-refractivity contribution in [3.05, 3.63) is 42.5 Å². The number of benzene rings is 1. The second kappa shape index (κ2) is 6.32. The summed E-state index contributed by atoms with van der Waals surface area (Å²) >= 11 is 1.76. The number of thiophene rings is 1. The highest BCUT2D eigenvalue weighted by molar-refractivity contribution is 7.22. The molecule has 0 saturated carbocycles. The standard InChI is InChI=1S/C21H26N4S/c1-20(2)12-15(13-21(3,4)25-20)22-19-10-9-16(23-24-19)18-11-14-7-5-6-8-17(14)26-18/h5-11,15,25H,12-13H2,1-4H3,(H,22,24). The second-order valence-corrected chi connectivity index (χ2v) is 9.68. The SMILES string of the molecule is CC1(C)CC(Nc2ccc(-c3cc4ccccc4s3)nn2)CC(C)(C)N1. The molecule has 136 valence electrons. The fraction of sp³-hybridized carbons (Fsp3) is 0.429. The van der Waals surface area contributed by atoms with Crippen LogP contribution in [0.15, 0.2) is 42.5 Å². The maximum absolute atomic E-state index is 4.46. The summed E-state index contributed by atoms with van der Waals surface area (Å²) in [6, 6.07) is 15.1. The lowest BCUT2D eigenvalue weighted by Crippen LogP contribution is -2.60. The van der Waals surface area contributed by atoms with E-state index in [1.165, 1.54) is 10.1 Å². The molecule has 0 radical (unpaired) electrons. The van der Waals surface area contributed by atoms with Crippen molar-refractivity contribution in [2.24, 2.45) is 0 Å². The third-order valence-corrected chi connectivity index (χ3v) is 6.02. The molecule has 1 aliphatic heterocycles. The van der Waals surface area contributed by atoms with E-state index in [-0.39, 0.29) is 11.1 Å². The molecular formula is C21H26N4S. The normalized spacial score (nSPS) is 19.5. The monoisotopic (exact) mass is 366 g/mol. The molecule has 1 saturated heterocycles. The quantitative estimate of drug-likeness (QED) is 0.679. The van der Waals surface area contributed by atoms with Gasteiger partial charge in [-0.2, -0.15) is 0 Å². The van der Waals surface area contributed by atoms with E-state index >= 15 is 0 Å². The highest BCUT2D eigenvalue weighted by atomic mass is 32.1. The molecule has 1 aromatic carbocycles. The van der Waals surface area contributed by atoms with Crippen molar-refractivity contribution >= 4 is 27.2 Å². The van der Waals surface area contributed by atoms with Gasteiger partial charge in [-0.05, 0) is 70.2 Å². The first-order valence-electron chi connectivity index (χ1n) is 9.18. The van der Waals surface area contributed by atoms with Gasteiger partial charge in [0.1, 0.15) is 11.5 Å². The number of anilines is 1. The molecule has 0 atom stereocenters. The average molecular weight is 367 g/mol. The number of hydrogen-bond donors (Lipinski definition) is 2. The van der Waals surface area contributed by atoms with E-state index in [9.17, 15) is 0 Å². The summed E-state index contributed by atoms with van der Waals surface area (Å²) in [5.74, 6) is 0.855. The molecule has 0 amide bonds. The molecule has 26 heavy (non-hydrogen) atoms. The van der Waals surface area contributed by atoms with E-state index < -0.39 is 0 Å². The van der Waals surface area contributed by atoms with Gasteiger partial charge in [-0.25, -0.2) is 0 Å². The number of aromatic nitrogens is 2. The Bertz CT molecular complexity index is 862. The van der Waals surface area contributed by atoms with E-state index in [0.717, 1.165) is 29.2 Å². The first kappa shape index (κ1) is 17.4. The van der Waals surface area contributed by atoms with Crippen molar-refractivity contribution in [1.82, 2.24) is 15.5 Å². The van der Waals surface area contributed by atoms with Crippen LogP contribution >= 0.6 is 11.3 Å². The van der Waals surface area contributed by atoms with E-state index in [1.807, 2.05) is 0 Å². The maximum atomic E-state index is 4.46. The molecule has 0 bridgehead atoms. The Balaban J connectivity index is 1.51. The van der Waals surface area contributed by atoms with E-state index in [2.05, 4.69) is 91.0 Å². The first-order valence-corrected chi connectivity index (χ1v) is 10.00. The Kier molecular flexibility index (Phi) is 4.24. The Morgan fingerprint density at radius 1 is 1.00 bits per heavy atom. The van der Waals surface area contributed by atoms with Crippen LogP contribution in [0.3, 0.4) is 0 Å². The molecule has 4 nitrogen and oxygen atoms in total. The van der Waals surface area contributed by atoms with E-state index in [1.54, 1.807) is 11.3 Å². The minimum Gasteiger partial charge on any atom is -0.366 e. The Morgan fingerprint density at radius 2 is 1.73 bits per heavy atom. The number of piperidine rings is 1.